The van der Waals surface area contributed by atoms with Crippen LogP contribution in [0.1, 0.15) is 290 Å². The van der Waals surface area contributed by atoms with Crippen LogP contribution in [0.15, 0.2) is 85.1 Å². The zero-order valence-electron chi connectivity index (χ0n) is 52.6. The van der Waals surface area contributed by atoms with Crippen molar-refractivity contribution in [3.63, 3.8) is 0 Å². The Balaban J connectivity index is 2.63. The molecule has 82 heavy (non-hydrogen) atoms. The Morgan fingerprint density at radius 2 is 0.878 bits per heavy atom. The van der Waals surface area contributed by atoms with Gasteiger partial charge >= 0.3 is 5.97 Å². The van der Waals surface area contributed by atoms with Crippen LogP contribution >= 0.6 is 0 Å². The van der Waals surface area contributed by atoms with Gasteiger partial charge in [0.1, 0.15) is 24.4 Å². The molecule has 0 aromatic carbocycles. The van der Waals surface area contributed by atoms with E-state index in [9.17, 15) is 35.1 Å². The van der Waals surface area contributed by atoms with Gasteiger partial charge in [0.2, 0.25) is 5.91 Å². The predicted octanol–water partition coefficient (Wildman–Crippen LogP) is 16.9. The number of carbonyl (C=O) groups is 2. The maximum Gasteiger partial charge on any atom is 0.306 e. The van der Waals surface area contributed by atoms with Gasteiger partial charge in [-0.15, -0.1) is 0 Å². The molecule has 0 aromatic rings. The van der Waals surface area contributed by atoms with Crippen LogP contribution in [-0.4, -0.2) is 99.6 Å². The number of amides is 1. The summed E-state index contributed by atoms with van der Waals surface area (Å²) < 4.78 is 17.7. The Morgan fingerprint density at radius 1 is 0.488 bits per heavy atom. The standard InChI is InChI=1S/C71H125NO10/c1-4-7-10-13-16-19-22-25-27-29-31-32-33-35-36-38-40-43-46-49-52-55-58-64(75)70(79)72-62(63(74)57-54-51-48-45-42-24-21-18-15-12-9-6-3)61-80-71-69(68(78)67(77)65(60-73)81-71)82-66(76)59-56-53-50-47-44-41-39-37-34-30-28-26-23-20-17-14-11-8-5-2/h7,10,16,19,25-28,31-32,35-36,54,57,62-65,67-69,71,73-75,77-78H,4-6,8-9,11-15,17-18,20-24,29-30,33-34,37-53,55-56,58-61H2,1-3H3,(H,72,79)/b10-7-,19-16-,27-25-,28-26+,32-31-,36-35-,57-54+. The van der Waals surface area contributed by atoms with Gasteiger partial charge in [-0.1, -0.05) is 273 Å². The molecule has 1 saturated heterocycles. The molecule has 1 fully saturated rings. The number of ether oxygens (including phenoxy) is 3. The highest BCUT2D eigenvalue weighted by Crippen LogP contribution is 2.26. The van der Waals surface area contributed by atoms with E-state index in [0.29, 0.717) is 12.8 Å². The number of hydrogen-bond donors (Lipinski definition) is 6. The number of allylic oxidation sites excluding steroid dienone is 13. The predicted molar refractivity (Wildman–Crippen MR) is 342 cm³/mol. The second-order valence-corrected chi connectivity index (χ2v) is 23.2. The molecule has 1 aliphatic heterocycles. The zero-order chi connectivity index (χ0) is 59.6. The lowest BCUT2D eigenvalue weighted by atomic mass is 9.99. The topological polar surface area (TPSA) is 175 Å². The molecule has 0 radical (unpaired) electrons. The number of unbranched alkanes of at least 4 members (excludes halogenated alkanes) is 31. The molecule has 1 heterocycles. The Labute approximate surface area is 502 Å². The van der Waals surface area contributed by atoms with Gasteiger partial charge < -0.3 is 45.1 Å². The van der Waals surface area contributed by atoms with Crippen LogP contribution in [0.4, 0.5) is 0 Å². The van der Waals surface area contributed by atoms with Crippen LogP contribution in [-0.2, 0) is 23.8 Å². The van der Waals surface area contributed by atoms with Gasteiger partial charge in [0.15, 0.2) is 12.4 Å². The molecule has 0 spiro atoms. The first kappa shape index (κ1) is 76.9. The first-order valence-corrected chi connectivity index (χ1v) is 33.9. The van der Waals surface area contributed by atoms with E-state index in [4.69, 9.17) is 14.2 Å². The molecule has 474 valence electrons. The maximum absolute atomic E-state index is 13.5. The third kappa shape index (κ3) is 45.2. The SMILES string of the molecule is CC/C=C\C/C=C\C/C=C\C/C=C\C/C=C\CCCCCCCCC(O)C(=O)NC(COC1OC(CO)C(O)C(O)C1OC(=O)CCCCCCCCCCC/C=C/CCCCCCCC)C(O)/C=C/CCCCCCCCCCCC. The van der Waals surface area contributed by atoms with Gasteiger partial charge in [0.05, 0.1) is 25.4 Å². The molecule has 0 saturated carbocycles. The normalized spacial score (nSPS) is 19.1. The van der Waals surface area contributed by atoms with Crippen LogP contribution < -0.4 is 5.32 Å². The van der Waals surface area contributed by atoms with E-state index >= 15 is 0 Å². The summed E-state index contributed by atoms with van der Waals surface area (Å²) in [5.74, 6) is -1.21. The zero-order valence-corrected chi connectivity index (χ0v) is 52.6. The van der Waals surface area contributed by atoms with E-state index in [1.807, 2.05) is 6.08 Å². The lowest BCUT2D eigenvalue weighted by Crippen LogP contribution is -2.61. The molecule has 11 heteroatoms. The van der Waals surface area contributed by atoms with E-state index in [-0.39, 0.29) is 19.4 Å². The summed E-state index contributed by atoms with van der Waals surface area (Å²) in [5, 5.41) is 57.1. The van der Waals surface area contributed by atoms with E-state index in [1.165, 1.54) is 135 Å². The first-order chi connectivity index (χ1) is 40.2. The van der Waals surface area contributed by atoms with Gasteiger partial charge in [0, 0.05) is 6.42 Å². The molecule has 8 atom stereocenters. The molecule has 1 amide bonds. The number of esters is 1. The van der Waals surface area contributed by atoms with Gasteiger partial charge in [-0.3, -0.25) is 9.59 Å². The monoisotopic (exact) mass is 1150 g/mol. The fraction of sp³-hybridized carbons (Fsp3) is 0.775. The number of aliphatic hydroxyl groups excluding tert-OH is 5. The second kappa shape index (κ2) is 58.2. The molecule has 8 unspecified atom stereocenters. The number of rotatable bonds is 57. The summed E-state index contributed by atoms with van der Waals surface area (Å²) in [5.41, 5.74) is 0. The molecule has 1 aliphatic rings. The lowest BCUT2D eigenvalue weighted by Gasteiger charge is -2.41. The molecular formula is C71H125NO10. The summed E-state index contributed by atoms with van der Waals surface area (Å²) in [6.45, 7) is 5.68. The quantitative estimate of drug-likeness (QED) is 0.0195. The van der Waals surface area contributed by atoms with Crippen molar-refractivity contribution >= 4 is 11.9 Å². The molecule has 11 nitrogen and oxygen atoms in total. The minimum Gasteiger partial charge on any atom is -0.454 e. The van der Waals surface area contributed by atoms with E-state index in [1.54, 1.807) is 6.08 Å². The number of hydrogen-bond acceptors (Lipinski definition) is 10. The van der Waals surface area contributed by atoms with Crippen LogP contribution in [0.25, 0.3) is 0 Å². The Morgan fingerprint density at radius 3 is 1.33 bits per heavy atom. The van der Waals surface area contributed by atoms with Crippen molar-refractivity contribution in [2.24, 2.45) is 0 Å². The number of nitrogens with one attached hydrogen (secondary N) is 1. The summed E-state index contributed by atoms with van der Waals surface area (Å²) >= 11 is 0. The van der Waals surface area contributed by atoms with Gasteiger partial charge in [-0.25, -0.2) is 0 Å². The second-order valence-electron chi connectivity index (χ2n) is 23.2. The van der Waals surface area contributed by atoms with Crippen LogP contribution in [0.5, 0.6) is 0 Å². The third-order valence-corrected chi connectivity index (χ3v) is 15.5. The molecular weight excluding hydrogens is 1030 g/mol. The van der Waals surface area contributed by atoms with Crippen molar-refractivity contribution in [3.8, 4) is 0 Å². The first-order valence-electron chi connectivity index (χ1n) is 33.9. The highest BCUT2D eigenvalue weighted by Gasteiger charge is 2.47. The van der Waals surface area contributed by atoms with Crippen molar-refractivity contribution < 1.29 is 49.3 Å². The molecule has 0 aromatic heterocycles. The Hall–Kier alpha value is -3.16. The number of carbonyl (C=O) groups excluding carboxylic acids is 2. The van der Waals surface area contributed by atoms with Crippen molar-refractivity contribution in [1.82, 2.24) is 5.32 Å². The fourth-order valence-corrected chi connectivity index (χ4v) is 10.2. The fourth-order valence-electron chi connectivity index (χ4n) is 10.2. The Bertz CT molecular complexity index is 1660. The number of aliphatic hydroxyl groups is 5. The average molecular weight is 1150 g/mol. The van der Waals surface area contributed by atoms with Crippen LogP contribution in [0.2, 0.25) is 0 Å². The largest absolute Gasteiger partial charge is 0.454 e. The Kier molecular flexibility index (Phi) is 54.6. The smallest absolute Gasteiger partial charge is 0.306 e. The van der Waals surface area contributed by atoms with E-state index < -0.39 is 67.4 Å². The van der Waals surface area contributed by atoms with Crippen LogP contribution in [0, 0.1) is 0 Å². The van der Waals surface area contributed by atoms with Crippen molar-refractivity contribution in [1.29, 1.82) is 0 Å². The van der Waals surface area contributed by atoms with Gasteiger partial charge in [-0.2, -0.15) is 0 Å². The van der Waals surface area contributed by atoms with Crippen molar-refractivity contribution in [2.45, 2.75) is 339 Å². The summed E-state index contributed by atoms with van der Waals surface area (Å²) in [6, 6.07) is -1.03. The highest BCUT2D eigenvalue weighted by atomic mass is 16.7. The lowest BCUT2D eigenvalue weighted by molar-refractivity contribution is -0.305. The van der Waals surface area contributed by atoms with Gasteiger partial charge in [-0.05, 0) is 96.3 Å². The summed E-state index contributed by atoms with van der Waals surface area (Å²) in [7, 11) is 0. The minimum absolute atomic E-state index is 0.118. The minimum atomic E-state index is -1.62. The van der Waals surface area contributed by atoms with E-state index in [0.717, 1.165) is 109 Å². The third-order valence-electron chi connectivity index (χ3n) is 15.5. The van der Waals surface area contributed by atoms with Gasteiger partial charge in [0.25, 0.3) is 0 Å². The molecule has 6 N–H and O–H groups in total. The van der Waals surface area contributed by atoms with Crippen molar-refractivity contribution in [3.05, 3.63) is 85.1 Å². The van der Waals surface area contributed by atoms with Crippen molar-refractivity contribution in [2.75, 3.05) is 13.2 Å². The molecule has 0 aliphatic carbocycles. The molecule has 0 bridgehead atoms. The van der Waals surface area contributed by atoms with Crippen LogP contribution in [0.3, 0.4) is 0 Å². The highest BCUT2D eigenvalue weighted by molar-refractivity contribution is 5.80. The summed E-state index contributed by atoms with van der Waals surface area (Å²) in [6.07, 6.45) is 66.1. The van der Waals surface area contributed by atoms with E-state index in [2.05, 4.69) is 99.0 Å². The average Bonchev–Trinajstić information content (AvgIpc) is 3.68. The maximum atomic E-state index is 13.5. The summed E-state index contributed by atoms with van der Waals surface area (Å²) in [4.78, 5) is 26.6. The molecule has 1 rings (SSSR count).